The summed E-state index contributed by atoms with van der Waals surface area (Å²) in [4.78, 5) is 10.3. The van der Waals surface area contributed by atoms with Gasteiger partial charge in [-0.05, 0) is 18.6 Å². The minimum Gasteiger partial charge on any atom is -0.403 e. The molecule has 1 aliphatic heterocycles. The zero-order chi connectivity index (χ0) is 6.69. The Labute approximate surface area is 52.6 Å². The molecule has 3 heteroatoms. The van der Waals surface area contributed by atoms with Gasteiger partial charge in [0.15, 0.2) is 0 Å². The number of cyclic esters (lactones) is 2. The minimum atomic E-state index is -0.692. The van der Waals surface area contributed by atoms with Crippen LogP contribution in [0.3, 0.4) is 0 Å². The summed E-state index contributed by atoms with van der Waals surface area (Å²) in [6, 6.07) is 0. The zero-order valence-electron chi connectivity index (χ0n) is 4.96. The van der Waals surface area contributed by atoms with Gasteiger partial charge < -0.3 is 9.47 Å². The third kappa shape index (κ3) is 1.60. The summed E-state index contributed by atoms with van der Waals surface area (Å²) in [7, 11) is 0. The summed E-state index contributed by atoms with van der Waals surface area (Å²) in [6.07, 6.45) is 3.58. The van der Waals surface area contributed by atoms with Crippen LogP contribution in [0.25, 0.3) is 0 Å². The Bertz CT molecular complexity index is 179. The van der Waals surface area contributed by atoms with Crippen molar-refractivity contribution in [1.29, 1.82) is 0 Å². The molecule has 0 saturated heterocycles. The highest BCUT2D eigenvalue weighted by Crippen LogP contribution is 2.01. The number of ether oxygens (including phenoxy) is 2. The monoisotopic (exact) mass is 126 g/mol. The highest BCUT2D eigenvalue weighted by Gasteiger charge is 2.01. The van der Waals surface area contributed by atoms with Gasteiger partial charge in [-0.25, -0.2) is 4.79 Å². The van der Waals surface area contributed by atoms with E-state index in [0.717, 1.165) is 5.57 Å². The van der Waals surface area contributed by atoms with Crippen molar-refractivity contribution in [2.45, 2.75) is 6.92 Å². The van der Waals surface area contributed by atoms with E-state index in [1.54, 1.807) is 13.0 Å². The molecule has 1 heterocycles. The normalized spacial score (nSPS) is 17.4. The van der Waals surface area contributed by atoms with E-state index in [-0.39, 0.29) is 0 Å². The SMILES string of the molecule is CC1=COC(=O)OC=C1. The second kappa shape index (κ2) is 2.35. The van der Waals surface area contributed by atoms with Crippen molar-refractivity contribution in [3.63, 3.8) is 0 Å². The lowest BCUT2D eigenvalue weighted by molar-refractivity contribution is 0.121. The fraction of sp³-hybridized carbons (Fsp3) is 0.167. The lowest BCUT2D eigenvalue weighted by Gasteiger charge is -1.90. The van der Waals surface area contributed by atoms with E-state index in [9.17, 15) is 4.79 Å². The quantitative estimate of drug-likeness (QED) is 0.462. The molecule has 0 N–H and O–H groups in total. The number of hydrogen-bond acceptors (Lipinski definition) is 3. The van der Waals surface area contributed by atoms with Crippen molar-refractivity contribution >= 4 is 6.16 Å². The molecule has 1 aliphatic rings. The number of hydrogen-bond donors (Lipinski definition) is 0. The van der Waals surface area contributed by atoms with Crippen LogP contribution >= 0.6 is 0 Å². The molecule has 0 unspecified atom stereocenters. The van der Waals surface area contributed by atoms with E-state index in [2.05, 4.69) is 9.47 Å². The van der Waals surface area contributed by atoms with Gasteiger partial charge in [0, 0.05) is 0 Å². The van der Waals surface area contributed by atoms with E-state index >= 15 is 0 Å². The summed E-state index contributed by atoms with van der Waals surface area (Å²) in [5.41, 5.74) is 0.848. The van der Waals surface area contributed by atoms with Crippen molar-refractivity contribution < 1.29 is 14.3 Å². The average Bonchev–Trinajstić information content (AvgIpc) is 1.97. The van der Waals surface area contributed by atoms with Gasteiger partial charge in [-0.2, -0.15) is 0 Å². The molecule has 0 spiro atoms. The first-order valence-corrected chi connectivity index (χ1v) is 2.49. The molecule has 0 atom stereocenters. The molecule has 0 bridgehead atoms. The van der Waals surface area contributed by atoms with Crippen LogP contribution in [0.5, 0.6) is 0 Å². The third-order valence-electron chi connectivity index (χ3n) is 0.836. The van der Waals surface area contributed by atoms with Gasteiger partial charge in [0.05, 0.1) is 6.26 Å². The summed E-state index contributed by atoms with van der Waals surface area (Å²) < 4.78 is 8.81. The predicted octanol–water partition coefficient (Wildman–Crippen LogP) is 1.57. The molecule has 0 aromatic carbocycles. The second-order valence-corrected chi connectivity index (χ2v) is 1.65. The van der Waals surface area contributed by atoms with E-state index < -0.39 is 6.16 Å². The van der Waals surface area contributed by atoms with Crippen LogP contribution in [0.4, 0.5) is 4.79 Å². The Kier molecular flexibility index (Phi) is 1.53. The van der Waals surface area contributed by atoms with Crippen LogP contribution in [-0.2, 0) is 9.47 Å². The Morgan fingerprint density at radius 1 is 1.44 bits per heavy atom. The zero-order valence-corrected chi connectivity index (χ0v) is 4.96. The topological polar surface area (TPSA) is 35.5 Å². The maximum atomic E-state index is 10.3. The third-order valence-corrected chi connectivity index (χ3v) is 0.836. The Hall–Kier alpha value is -1.25. The number of allylic oxidation sites excluding steroid dienone is 2. The first-order valence-electron chi connectivity index (χ1n) is 2.49. The van der Waals surface area contributed by atoms with Crippen LogP contribution in [0.15, 0.2) is 24.2 Å². The van der Waals surface area contributed by atoms with Crippen molar-refractivity contribution in [3.8, 4) is 0 Å². The molecule has 0 aliphatic carbocycles. The van der Waals surface area contributed by atoms with Gasteiger partial charge in [-0.3, -0.25) is 0 Å². The molecule has 0 aromatic rings. The van der Waals surface area contributed by atoms with Crippen molar-refractivity contribution in [1.82, 2.24) is 0 Å². The second-order valence-electron chi connectivity index (χ2n) is 1.65. The van der Waals surface area contributed by atoms with Crippen LogP contribution in [-0.4, -0.2) is 6.16 Å². The van der Waals surface area contributed by atoms with Gasteiger partial charge in [-0.15, -0.1) is 0 Å². The van der Waals surface area contributed by atoms with Crippen LogP contribution < -0.4 is 0 Å². The average molecular weight is 126 g/mol. The lowest BCUT2D eigenvalue weighted by atomic mass is 10.3. The summed E-state index contributed by atoms with van der Waals surface area (Å²) in [5, 5.41) is 0. The Morgan fingerprint density at radius 2 is 2.22 bits per heavy atom. The van der Waals surface area contributed by atoms with Crippen molar-refractivity contribution in [3.05, 3.63) is 24.2 Å². The molecule has 0 fully saturated rings. The van der Waals surface area contributed by atoms with Gasteiger partial charge in [0.25, 0.3) is 0 Å². The predicted molar refractivity (Wildman–Crippen MR) is 30.5 cm³/mol. The molecular weight excluding hydrogens is 120 g/mol. The van der Waals surface area contributed by atoms with Gasteiger partial charge in [0.2, 0.25) is 0 Å². The van der Waals surface area contributed by atoms with Gasteiger partial charge in [0.1, 0.15) is 6.26 Å². The first-order chi connectivity index (χ1) is 4.29. The van der Waals surface area contributed by atoms with Gasteiger partial charge >= 0.3 is 6.16 Å². The maximum absolute atomic E-state index is 10.3. The summed E-state index contributed by atoms with van der Waals surface area (Å²) in [6.45, 7) is 1.80. The minimum absolute atomic E-state index is 0.692. The molecule has 1 rings (SSSR count). The molecule has 0 aromatic heterocycles. The molecular formula is C6H6O3. The van der Waals surface area contributed by atoms with Crippen LogP contribution in [0.2, 0.25) is 0 Å². The Morgan fingerprint density at radius 3 is 3.00 bits per heavy atom. The number of rotatable bonds is 0. The van der Waals surface area contributed by atoms with Crippen molar-refractivity contribution in [2.24, 2.45) is 0 Å². The molecule has 0 radical (unpaired) electrons. The highest BCUT2D eigenvalue weighted by atomic mass is 16.7. The van der Waals surface area contributed by atoms with E-state index in [1.165, 1.54) is 12.5 Å². The van der Waals surface area contributed by atoms with Crippen LogP contribution in [0, 0.1) is 0 Å². The van der Waals surface area contributed by atoms with E-state index in [1.807, 2.05) is 0 Å². The molecule has 0 saturated carbocycles. The van der Waals surface area contributed by atoms with Crippen molar-refractivity contribution in [2.75, 3.05) is 0 Å². The standard InChI is InChI=1S/C6H6O3/c1-5-2-3-8-6(7)9-4-5/h2-4H,1H3. The van der Waals surface area contributed by atoms with Gasteiger partial charge in [-0.1, -0.05) is 0 Å². The summed E-state index contributed by atoms with van der Waals surface area (Å²) >= 11 is 0. The maximum Gasteiger partial charge on any atom is 0.518 e. The largest absolute Gasteiger partial charge is 0.518 e. The molecule has 9 heavy (non-hydrogen) atoms. The fourth-order valence-electron chi connectivity index (χ4n) is 0.405. The summed E-state index contributed by atoms with van der Waals surface area (Å²) in [5.74, 6) is 0. The number of carbonyl (C=O) groups is 1. The first kappa shape index (κ1) is 5.88. The van der Waals surface area contributed by atoms with E-state index in [0.29, 0.717) is 0 Å². The lowest BCUT2D eigenvalue weighted by Crippen LogP contribution is -1.95. The fourth-order valence-corrected chi connectivity index (χ4v) is 0.405. The molecule has 3 nitrogen and oxygen atoms in total. The smallest absolute Gasteiger partial charge is 0.403 e. The highest BCUT2D eigenvalue weighted by molar-refractivity contribution is 5.62. The molecule has 48 valence electrons. The van der Waals surface area contributed by atoms with E-state index in [4.69, 9.17) is 0 Å². The van der Waals surface area contributed by atoms with Crippen LogP contribution in [0.1, 0.15) is 6.92 Å². The Balaban J connectivity index is 2.69. The number of carbonyl (C=O) groups excluding carboxylic acids is 1. The molecule has 0 amide bonds.